The molecule has 0 aliphatic carbocycles. The number of sulfonamides is 1. The van der Waals surface area contributed by atoms with Crippen molar-refractivity contribution in [3.8, 4) is 5.75 Å². The zero-order chi connectivity index (χ0) is 27.8. The summed E-state index contributed by atoms with van der Waals surface area (Å²) in [4.78, 5) is 25.2. The summed E-state index contributed by atoms with van der Waals surface area (Å²) < 4.78 is 40.2. The van der Waals surface area contributed by atoms with Gasteiger partial charge in [0.1, 0.15) is 12.4 Å². The smallest absolute Gasteiger partial charge is 0.268 e. The van der Waals surface area contributed by atoms with E-state index in [2.05, 4.69) is 26.0 Å². The Morgan fingerprint density at radius 3 is 2.44 bits per heavy atom. The van der Waals surface area contributed by atoms with E-state index >= 15 is 0 Å². The van der Waals surface area contributed by atoms with Gasteiger partial charge in [0.05, 0.1) is 23.0 Å². The first-order valence-electron chi connectivity index (χ1n) is 12.7. The topological polar surface area (TPSA) is 111 Å². The Bertz CT molecular complexity index is 1400. The van der Waals surface area contributed by atoms with Crippen LogP contribution in [0.2, 0.25) is 0 Å². The number of hydrogen-bond acceptors (Lipinski definition) is 6. The van der Waals surface area contributed by atoms with Crippen molar-refractivity contribution in [1.29, 1.82) is 0 Å². The SMILES string of the molecule is Cc1ccc(C(=O)NS(=O)(=O)c2ccc(CCNC(=O)[C@@H]3CCCOC3)cc2)c(OCc2ccc(Br)cc2)c1. The Labute approximate surface area is 237 Å². The molecule has 0 aromatic heterocycles. The molecule has 1 aliphatic rings. The molecule has 1 saturated heterocycles. The van der Waals surface area contributed by atoms with Crippen molar-refractivity contribution in [1.82, 2.24) is 10.0 Å². The van der Waals surface area contributed by atoms with Crippen LogP contribution in [0.1, 0.15) is 39.9 Å². The van der Waals surface area contributed by atoms with Gasteiger partial charge >= 0.3 is 0 Å². The Morgan fingerprint density at radius 1 is 1.03 bits per heavy atom. The van der Waals surface area contributed by atoms with Gasteiger partial charge in [0.15, 0.2) is 0 Å². The number of aryl methyl sites for hydroxylation is 1. The number of ether oxygens (including phenoxy) is 2. The van der Waals surface area contributed by atoms with Gasteiger partial charge in [-0.1, -0.05) is 46.3 Å². The molecule has 39 heavy (non-hydrogen) atoms. The number of carbonyl (C=O) groups excluding carboxylic acids is 2. The van der Waals surface area contributed by atoms with Gasteiger partial charge < -0.3 is 14.8 Å². The van der Waals surface area contributed by atoms with Crippen LogP contribution in [0.25, 0.3) is 0 Å². The van der Waals surface area contributed by atoms with E-state index < -0.39 is 15.9 Å². The molecule has 2 N–H and O–H groups in total. The number of rotatable bonds is 10. The summed E-state index contributed by atoms with van der Waals surface area (Å²) >= 11 is 3.39. The van der Waals surface area contributed by atoms with Crippen molar-refractivity contribution in [2.75, 3.05) is 19.8 Å². The molecule has 1 heterocycles. The second-order valence-electron chi connectivity index (χ2n) is 9.45. The first kappa shape index (κ1) is 28.8. The third-order valence-corrected chi connectivity index (χ3v) is 8.27. The number of hydrogen-bond donors (Lipinski definition) is 2. The molecule has 0 unspecified atom stereocenters. The highest BCUT2D eigenvalue weighted by Gasteiger charge is 2.23. The highest BCUT2D eigenvalue weighted by molar-refractivity contribution is 9.10. The molecule has 1 atom stereocenters. The highest BCUT2D eigenvalue weighted by Crippen LogP contribution is 2.23. The van der Waals surface area contributed by atoms with Crippen molar-refractivity contribution >= 4 is 37.8 Å². The van der Waals surface area contributed by atoms with Crippen LogP contribution in [0.4, 0.5) is 0 Å². The minimum atomic E-state index is -4.12. The molecule has 4 rings (SSSR count). The average molecular weight is 616 g/mol. The lowest BCUT2D eigenvalue weighted by Crippen LogP contribution is -2.36. The molecule has 8 nitrogen and oxygen atoms in total. The van der Waals surface area contributed by atoms with E-state index in [4.69, 9.17) is 9.47 Å². The molecule has 0 spiro atoms. The van der Waals surface area contributed by atoms with Crippen molar-refractivity contribution in [2.45, 2.75) is 37.7 Å². The van der Waals surface area contributed by atoms with Gasteiger partial charge in [0, 0.05) is 17.6 Å². The van der Waals surface area contributed by atoms with Gasteiger partial charge in [0.2, 0.25) is 5.91 Å². The summed E-state index contributed by atoms with van der Waals surface area (Å²) in [5.74, 6) is -0.620. The van der Waals surface area contributed by atoms with Crippen molar-refractivity contribution in [2.24, 2.45) is 5.92 Å². The van der Waals surface area contributed by atoms with Crippen LogP contribution in [-0.2, 0) is 32.6 Å². The minimum absolute atomic E-state index is 0.0205. The van der Waals surface area contributed by atoms with E-state index in [1.165, 1.54) is 12.1 Å². The molecular formula is C29H31BrN2O6S. The average Bonchev–Trinajstić information content (AvgIpc) is 2.93. The Hall–Kier alpha value is -3.21. The monoisotopic (exact) mass is 614 g/mol. The molecule has 1 fully saturated rings. The predicted octanol–water partition coefficient (Wildman–Crippen LogP) is 4.54. The predicted molar refractivity (Wildman–Crippen MR) is 151 cm³/mol. The molecule has 1 aliphatic heterocycles. The Balaban J connectivity index is 1.35. The maximum absolute atomic E-state index is 13.0. The fourth-order valence-corrected chi connectivity index (χ4v) is 5.40. The normalized spacial score (nSPS) is 15.4. The van der Waals surface area contributed by atoms with Crippen LogP contribution < -0.4 is 14.8 Å². The zero-order valence-electron chi connectivity index (χ0n) is 21.6. The van der Waals surface area contributed by atoms with Gasteiger partial charge in [-0.2, -0.15) is 0 Å². The van der Waals surface area contributed by atoms with Gasteiger partial charge in [-0.05, 0) is 79.3 Å². The van der Waals surface area contributed by atoms with E-state index in [9.17, 15) is 18.0 Å². The zero-order valence-corrected chi connectivity index (χ0v) is 24.0. The molecule has 0 saturated carbocycles. The van der Waals surface area contributed by atoms with Crippen LogP contribution in [-0.4, -0.2) is 40.0 Å². The fraction of sp³-hybridized carbons (Fsp3) is 0.310. The third kappa shape index (κ3) is 8.14. The summed E-state index contributed by atoms with van der Waals surface area (Å²) in [6.07, 6.45) is 2.26. The summed E-state index contributed by atoms with van der Waals surface area (Å²) in [6, 6.07) is 18.8. The number of nitrogens with one attached hydrogen (secondary N) is 2. The van der Waals surface area contributed by atoms with Crippen LogP contribution >= 0.6 is 15.9 Å². The lowest BCUT2D eigenvalue weighted by molar-refractivity contribution is -0.128. The fourth-order valence-electron chi connectivity index (χ4n) is 4.17. The van der Waals surface area contributed by atoms with Crippen LogP contribution in [0.3, 0.4) is 0 Å². The third-order valence-electron chi connectivity index (χ3n) is 6.39. The standard InChI is InChI=1S/C29H31BrN2O6S/c1-20-4-13-26(27(17-20)38-18-22-5-9-24(30)10-6-22)29(34)32-39(35,36)25-11-7-21(8-12-25)14-15-31-28(33)23-3-2-16-37-19-23/h4-13,17,23H,2-3,14-16,18-19H2,1H3,(H,31,33)(H,32,34)/t23-/m1/s1. The lowest BCUT2D eigenvalue weighted by Gasteiger charge is -2.21. The Morgan fingerprint density at radius 2 is 1.74 bits per heavy atom. The van der Waals surface area contributed by atoms with E-state index in [0.717, 1.165) is 34.0 Å². The molecular weight excluding hydrogens is 584 g/mol. The van der Waals surface area contributed by atoms with Gasteiger partial charge in [0.25, 0.3) is 15.9 Å². The number of halogens is 1. The molecule has 0 bridgehead atoms. The lowest BCUT2D eigenvalue weighted by atomic mass is 10.0. The minimum Gasteiger partial charge on any atom is -0.488 e. The maximum Gasteiger partial charge on any atom is 0.268 e. The quantitative estimate of drug-likeness (QED) is 0.347. The molecule has 10 heteroatoms. The van der Waals surface area contributed by atoms with Crippen molar-refractivity contribution < 1.29 is 27.5 Å². The maximum atomic E-state index is 13.0. The Kier molecular flexibility index (Phi) is 9.77. The molecule has 3 aromatic carbocycles. The number of carbonyl (C=O) groups is 2. The van der Waals surface area contributed by atoms with E-state index in [1.54, 1.807) is 30.3 Å². The molecule has 2 amide bonds. The summed E-state index contributed by atoms with van der Waals surface area (Å²) in [5, 5.41) is 2.91. The van der Waals surface area contributed by atoms with Gasteiger partial charge in [-0.25, -0.2) is 13.1 Å². The van der Waals surface area contributed by atoms with Crippen molar-refractivity contribution in [3.63, 3.8) is 0 Å². The van der Waals surface area contributed by atoms with E-state index in [-0.39, 0.29) is 28.9 Å². The highest BCUT2D eigenvalue weighted by atomic mass is 79.9. The largest absolute Gasteiger partial charge is 0.488 e. The summed E-state index contributed by atoms with van der Waals surface area (Å²) in [6.45, 7) is 3.68. The molecule has 0 radical (unpaired) electrons. The molecule has 3 aromatic rings. The second-order valence-corrected chi connectivity index (χ2v) is 12.0. The molecule has 206 valence electrons. The number of benzene rings is 3. The first-order valence-corrected chi connectivity index (χ1v) is 15.0. The van der Waals surface area contributed by atoms with Gasteiger partial charge in [-0.3, -0.25) is 9.59 Å². The van der Waals surface area contributed by atoms with E-state index in [1.807, 2.05) is 31.2 Å². The van der Waals surface area contributed by atoms with Crippen LogP contribution in [0, 0.1) is 12.8 Å². The van der Waals surface area contributed by atoms with E-state index in [0.29, 0.717) is 31.9 Å². The number of amides is 2. The van der Waals surface area contributed by atoms with Crippen LogP contribution in [0.5, 0.6) is 5.75 Å². The van der Waals surface area contributed by atoms with Gasteiger partial charge in [-0.15, -0.1) is 0 Å². The summed E-state index contributed by atoms with van der Waals surface area (Å²) in [7, 11) is -4.12. The van der Waals surface area contributed by atoms with Crippen molar-refractivity contribution in [3.05, 3.63) is 93.5 Å². The van der Waals surface area contributed by atoms with Crippen LogP contribution in [0.15, 0.2) is 76.1 Å². The summed E-state index contributed by atoms with van der Waals surface area (Å²) in [5.41, 5.74) is 2.76. The second kappa shape index (κ2) is 13.2. The first-order chi connectivity index (χ1) is 18.7.